The first-order valence-electron chi connectivity index (χ1n) is 7.11. The maximum absolute atomic E-state index is 6.26. The van der Waals surface area contributed by atoms with Crippen LogP contribution in [0.4, 0.5) is 0 Å². The summed E-state index contributed by atoms with van der Waals surface area (Å²) in [5.74, 6) is 0. The predicted molar refractivity (Wildman–Crippen MR) is 84.2 cm³/mol. The molecule has 1 N–H and O–H groups in total. The fraction of sp³-hybridized carbons (Fsp3) is 0.438. The van der Waals surface area contributed by atoms with Crippen molar-refractivity contribution in [1.29, 1.82) is 0 Å². The van der Waals surface area contributed by atoms with Gasteiger partial charge < -0.3 is 5.32 Å². The molecule has 1 atom stereocenters. The Hall–Kier alpha value is -1.32. The predicted octanol–water partition coefficient (Wildman–Crippen LogP) is 3.95. The fourth-order valence-electron chi connectivity index (χ4n) is 2.12. The largest absolute Gasteiger partial charge is 0.310 e. The Morgan fingerprint density at radius 2 is 2.20 bits per heavy atom. The molecule has 20 heavy (non-hydrogen) atoms. The molecule has 0 aliphatic carbocycles. The van der Waals surface area contributed by atoms with Crippen molar-refractivity contribution >= 4 is 11.6 Å². The standard InChI is InChI=1S/C16H22ClN3/c1-4-7-18-13(3)15-9-19-20(11-15)10-14-6-5-12(2)8-16(14)17/h5-6,8-9,11,13,18H,4,7,10H2,1-3H3. The van der Waals surface area contributed by atoms with E-state index >= 15 is 0 Å². The zero-order valence-corrected chi connectivity index (χ0v) is 13.1. The number of nitrogens with zero attached hydrogens (tertiary/aromatic N) is 2. The number of rotatable bonds is 6. The van der Waals surface area contributed by atoms with E-state index in [-0.39, 0.29) is 0 Å². The molecule has 1 heterocycles. The normalized spacial score (nSPS) is 12.6. The summed E-state index contributed by atoms with van der Waals surface area (Å²) in [7, 11) is 0. The van der Waals surface area contributed by atoms with Gasteiger partial charge in [0.05, 0.1) is 12.7 Å². The van der Waals surface area contributed by atoms with Crippen LogP contribution in [0, 0.1) is 6.92 Å². The average molecular weight is 292 g/mol. The molecule has 0 fully saturated rings. The third kappa shape index (κ3) is 3.84. The van der Waals surface area contributed by atoms with Gasteiger partial charge in [-0.15, -0.1) is 0 Å². The molecular formula is C16H22ClN3. The molecule has 2 aromatic rings. The number of halogens is 1. The zero-order chi connectivity index (χ0) is 14.5. The second-order valence-corrected chi connectivity index (χ2v) is 5.65. The van der Waals surface area contributed by atoms with E-state index in [0.717, 1.165) is 23.6 Å². The molecule has 0 spiro atoms. The molecule has 3 nitrogen and oxygen atoms in total. The Kier molecular flexibility index (Phi) is 5.21. The van der Waals surface area contributed by atoms with Crippen molar-refractivity contribution in [2.75, 3.05) is 6.54 Å². The first-order chi connectivity index (χ1) is 9.60. The van der Waals surface area contributed by atoms with Gasteiger partial charge in [-0.1, -0.05) is 30.7 Å². The molecule has 4 heteroatoms. The minimum absolute atomic E-state index is 0.331. The van der Waals surface area contributed by atoms with Crippen LogP contribution in [-0.2, 0) is 6.54 Å². The number of benzene rings is 1. The highest BCUT2D eigenvalue weighted by atomic mass is 35.5. The minimum atomic E-state index is 0.331. The zero-order valence-electron chi connectivity index (χ0n) is 12.4. The van der Waals surface area contributed by atoms with Gasteiger partial charge in [-0.2, -0.15) is 5.10 Å². The van der Waals surface area contributed by atoms with E-state index in [9.17, 15) is 0 Å². The molecule has 1 unspecified atom stereocenters. The van der Waals surface area contributed by atoms with Crippen LogP contribution in [0.2, 0.25) is 5.02 Å². The second kappa shape index (κ2) is 6.91. The number of nitrogens with one attached hydrogen (secondary N) is 1. The lowest BCUT2D eigenvalue weighted by molar-refractivity contribution is 0.569. The number of aryl methyl sites for hydroxylation is 1. The molecule has 0 saturated heterocycles. The van der Waals surface area contributed by atoms with Crippen molar-refractivity contribution in [3.05, 3.63) is 52.3 Å². The summed E-state index contributed by atoms with van der Waals surface area (Å²) >= 11 is 6.26. The molecule has 1 aromatic heterocycles. The summed E-state index contributed by atoms with van der Waals surface area (Å²) in [6, 6.07) is 6.47. The van der Waals surface area contributed by atoms with Gasteiger partial charge >= 0.3 is 0 Å². The molecule has 0 amide bonds. The lowest BCUT2D eigenvalue weighted by Gasteiger charge is -2.10. The van der Waals surface area contributed by atoms with Gasteiger partial charge in [-0.25, -0.2) is 0 Å². The number of aromatic nitrogens is 2. The van der Waals surface area contributed by atoms with Gasteiger partial charge in [0.15, 0.2) is 0 Å². The summed E-state index contributed by atoms with van der Waals surface area (Å²) < 4.78 is 1.94. The van der Waals surface area contributed by atoms with Crippen LogP contribution in [0.3, 0.4) is 0 Å². The minimum Gasteiger partial charge on any atom is -0.310 e. The van der Waals surface area contributed by atoms with Crippen LogP contribution in [-0.4, -0.2) is 16.3 Å². The third-order valence-electron chi connectivity index (χ3n) is 3.39. The Labute approximate surface area is 126 Å². The Bertz CT molecular complexity index is 563. The maximum Gasteiger partial charge on any atom is 0.0674 e. The van der Waals surface area contributed by atoms with Crippen molar-refractivity contribution in [2.45, 2.75) is 39.8 Å². The van der Waals surface area contributed by atoms with Crippen LogP contribution < -0.4 is 5.32 Å². The van der Waals surface area contributed by atoms with Gasteiger partial charge in [0.1, 0.15) is 0 Å². The van der Waals surface area contributed by atoms with E-state index in [1.165, 1.54) is 11.1 Å². The van der Waals surface area contributed by atoms with E-state index in [2.05, 4.69) is 42.6 Å². The van der Waals surface area contributed by atoms with Crippen molar-refractivity contribution < 1.29 is 0 Å². The molecule has 0 bridgehead atoms. The molecule has 1 aromatic carbocycles. The van der Waals surface area contributed by atoms with Crippen molar-refractivity contribution in [1.82, 2.24) is 15.1 Å². The Morgan fingerprint density at radius 3 is 2.90 bits per heavy atom. The smallest absolute Gasteiger partial charge is 0.0674 e. The summed E-state index contributed by atoms with van der Waals surface area (Å²) in [6.45, 7) is 8.11. The van der Waals surface area contributed by atoms with Crippen LogP contribution in [0.25, 0.3) is 0 Å². The monoisotopic (exact) mass is 291 g/mol. The van der Waals surface area contributed by atoms with E-state index < -0.39 is 0 Å². The molecular weight excluding hydrogens is 270 g/mol. The summed E-state index contributed by atoms with van der Waals surface area (Å²) in [6.07, 6.45) is 5.15. The first-order valence-corrected chi connectivity index (χ1v) is 7.48. The van der Waals surface area contributed by atoms with Crippen molar-refractivity contribution in [3.63, 3.8) is 0 Å². The highest BCUT2D eigenvalue weighted by Crippen LogP contribution is 2.19. The Morgan fingerprint density at radius 1 is 1.40 bits per heavy atom. The average Bonchev–Trinajstić information content (AvgIpc) is 2.88. The first kappa shape index (κ1) is 15.1. The Balaban J connectivity index is 2.05. The van der Waals surface area contributed by atoms with Crippen molar-refractivity contribution in [2.24, 2.45) is 0 Å². The van der Waals surface area contributed by atoms with E-state index in [1.807, 2.05) is 23.9 Å². The van der Waals surface area contributed by atoms with Crippen LogP contribution >= 0.6 is 11.6 Å². The third-order valence-corrected chi connectivity index (χ3v) is 3.75. The summed E-state index contributed by atoms with van der Waals surface area (Å²) in [5, 5.41) is 8.69. The van der Waals surface area contributed by atoms with Crippen LogP contribution in [0.5, 0.6) is 0 Å². The van der Waals surface area contributed by atoms with Gasteiger partial charge in [-0.3, -0.25) is 4.68 Å². The van der Waals surface area contributed by atoms with Crippen molar-refractivity contribution in [3.8, 4) is 0 Å². The topological polar surface area (TPSA) is 29.9 Å². The SMILES string of the molecule is CCCNC(C)c1cnn(Cc2ccc(C)cc2Cl)c1. The fourth-order valence-corrected chi connectivity index (χ4v) is 2.42. The summed E-state index contributed by atoms with van der Waals surface area (Å²) in [4.78, 5) is 0. The van der Waals surface area contributed by atoms with Crippen LogP contribution in [0.15, 0.2) is 30.6 Å². The van der Waals surface area contributed by atoms with Crippen LogP contribution in [0.1, 0.15) is 43.0 Å². The van der Waals surface area contributed by atoms with E-state index in [4.69, 9.17) is 11.6 Å². The quantitative estimate of drug-likeness (QED) is 0.873. The molecule has 0 aliphatic rings. The molecule has 0 aliphatic heterocycles. The van der Waals surface area contributed by atoms with Gasteiger partial charge in [0.2, 0.25) is 0 Å². The lowest BCUT2D eigenvalue weighted by Crippen LogP contribution is -2.18. The highest BCUT2D eigenvalue weighted by Gasteiger charge is 2.08. The second-order valence-electron chi connectivity index (χ2n) is 5.24. The number of hydrogen-bond donors (Lipinski definition) is 1. The van der Waals surface area contributed by atoms with E-state index in [0.29, 0.717) is 12.6 Å². The van der Waals surface area contributed by atoms with Gasteiger partial charge in [0, 0.05) is 22.8 Å². The number of hydrogen-bond acceptors (Lipinski definition) is 2. The molecule has 0 radical (unpaired) electrons. The summed E-state index contributed by atoms with van der Waals surface area (Å²) in [5.41, 5.74) is 3.49. The lowest BCUT2D eigenvalue weighted by atomic mass is 10.1. The molecule has 108 valence electrons. The van der Waals surface area contributed by atoms with E-state index in [1.54, 1.807) is 0 Å². The highest BCUT2D eigenvalue weighted by molar-refractivity contribution is 6.31. The molecule has 0 saturated carbocycles. The maximum atomic E-state index is 6.26. The van der Waals surface area contributed by atoms with Gasteiger partial charge in [0.25, 0.3) is 0 Å². The molecule has 2 rings (SSSR count). The van der Waals surface area contributed by atoms with Gasteiger partial charge in [-0.05, 0) is 44.0 Å².